The molecule has 2 aromatic carbocycles. The van der Waals surface area contributed by atoms with E-state index in [1.165, 1.54) is 24.3 Å². The summed E-state index contributed by atoms with van der Waals surface area (Å²) in [7, 11) is 0. The van der Waals surface area contributed by atoms with Crippen molar-refractivity contribution in [1.29, 1.82) is 5.26 Å². The van der Waals surface area contributed by atoms with Crippen LogP contribution in [0.5, 0.6) is 0 Å². The van der Waals surface area contributed by atoms with Crippen molar-refractivity contribution in [3.8, 4) is 6.07 Å². The minimum absolute atomic E-state index is 0.0279. The van der Waals surface area contributed by atoms with Gasteiger partial charge in [0.15, 0.2) is 0 Å². The third-order valence-electron chi connectivity index (χ3n) is 2.10. The van der Waals surface area contributed by atoms with Gasteiger partial charge in [0.2, 0.25) is 0 Å². The van der Waals surface area contributed by atoms with Crippen LogP contribution < -0.4 is 0 Å². The first-order valence-corrected chi connectivity index (χ1v) is 5.54. The van der Waals surface area contributed by atoms with E-state index >= 15 is 0 Å². The standard InChI is InChI=1S/C9H6N2O2.C6H6/c10-6-2-4-8-3-1-5-9(7-8)11(12)13;1-2-4-6-5-3-1/h1-5,7H;1-6H. The number of nitriles is 1. The fraction of sp³-hybridized carbons (Fsp3) is 0. The van der Waals surface area contributed by atoms with Crippen LogP contribution in [0, 0.1) is 21.4 Å². The van der Waals surface area contributed by atoms with Gasteiger partial charge in [0.25, 0.3) is 5.69 Å². The number of allylic oxidation sites excluding steroid dienone is 1. The number of benzene rings is 2. The normalized spacial score (nSPS) is 9.21. The molecular weight excluding hydrogens is 240 g/mol. The molecule has 0 aromatic heterocycles. The van der Waals surface area contributed by atoms with Crippen molar-refractivity contribution in [3.63, 3.8) is 0 Å². The van der Waals surface area contributed by atoms with Crippen molar-refractivity contribution in [2.45, 2.75) is 0 Å². The van der Waals surface area contributed by atoms with E-state index in [-0.39, 0.29) is 5.69 Å². The second-order valence-corrected chi connectivity index (χ2v) is 3.47. The van der Waals surface area contributed by atoms with E-state index in [9.17, 15) is 10.1 Å². The predicted octanol–water partition coefficient (Wildman–Crippen LogP) is 3.82. The molecule has 0 radical (unpaired) electrons. The van der Waals surface area contributed by atoms with Gasteiger partial charge in [0.05, 0.1) is 11.0 Å². The number of nitro benzene ring substituents is 1. The van der Waals surface area contributed by atoms with Crippen LogP contribution in [0.4, 0.5) is 5.69 Å². The number of nitrogens with zero attached hydrogens (tertiary/aromatic N) is 2. The molecular formula is C15H12N2O2. The topological polar surface area (TPSA) is 66.9 Å². The predicted molar refractivity (Wildman–Crippen MR) is 74.2 cm³/mol. The number of nitro groups is 1. The fourth-order valence-electron chi connectivity index (χ4n) is 1.26. The monoisotopic (exact) mass is 252 g/mol. The van der Waals surface area contributed by atoms with E-state index in [0.29, 0.717) is 5.56 Å². The highest BCUT2D eigenvalue weighted by atomic mass is 16.6. The third-order valence-corrected chi connectivity index (χ3v) is 2.10. The molecule has 0 fully saturated rings. The van der Waals surface area contributed by atoms with Gasteiger partial charge in [-0.15, -0.1) is 0 Å². The summed E-state index contributed by atoms with van der Waals surface area (Å²) < 4.78 is 0. The molecule has 0 atom stereocenters. The van der Waals surface area contributed by atoms with Gasteiger partial charge in [-0.05, 0) is 11.6 Å². The maximum atomic E-state index is 10.3. The number of non-ortho nitro benzene ring substituents is 1. The third kappa shape index (κ3) is 5.80. The highest BCUT2D eigenvalue weighted by Gasteiger charge is 2.02. The van der Waals surface area contributed by atoms with Crippen LogP contribution in [0.25, 0.3) is 6.08 Å². The highest BCUT2D eigenvalue weighted by Crippen LogP contribution is 2.13. The minimum Gasteiger partial charge on any atom is -0.258 e. The Kier molecular flexibility index (Phi) is 6.10. The van der Waals surface area contributed by atoms with Gasteiger partial charge in [-0.2, -0.15) is 5.26 Å². The van der Waals surface area contributed by atoms with Crippen LogP contribution in [0.15, 0.2) is 66.7 Å². The van der Waals surface area contributed by atoms with E-state index < -0.39 is 4.92 Å². The minimum atomic E-state index is -0.469. The van der Waals surface area contributed by atoms with E-state index in [0.717, 1.165) is 0 Å². The van der Waals surface area contributed by atoms with Crippen LogP contribution in [-0.2, 0) is 0 Å². The molecule has 0 unspecified atom stereocenters. The van der Waals surface area contributed by atoms with Gasteiger partial charge >= 0.3 is 0 Å². The lowest BCUT2D eigenvalue weighted by atomic mass is 10.2. The van der Waals surface area contributed by atoms with Gasteiger partial charge in [0, 0.05) is 18.2 Å². The first-order chi connectivity index (χ1) is 9.24. The molecule has 94 valence electrons. The van der Waals surface area contributed by atoms with Crippen molar-refractivity contribution in [1.82, 2.24) is 0 Å². The zero-order chi connectivity index (χ0) is 13.9. The lowest BCUT2D eigenvalue weighted by Crippen LogP contribution is -1.87. The van der Waals surface area contributed by atoms with Gasteiger partial charge in [-0.3, -0.25) is 10.1 Å². The largest absolute Gasteiger partial charge is 0.270 e. The molecule has 2 aromatic rings. The molecule has 0 aliphatic rings. The van der Waals surface area contributed by atoms with E-state index in [4.69, 9.17) is 5.26 Å². The van der Waals surface area contributed by atoms with E-state index in [2.05, 4.69) is 0 Å². The summed E-state index contributed by atoms with van der Waals surface area (Å²) in [6.45, 7) is 0. The maximum absolute atomic E-state index is 10.3. The van der Waals surface area contributed by atoms with Crippen LogP contribution >= 0.6 is 0 Å². The Bertz CT molecular complexity index is 560. The molecule has 19 heavy (non-hydrogen) atoms. The van der Waals surface area contributed by atoms with E-state index in [1.54, 1.807) is 12.1 Å². The summed E-state index contributed by atoms with van der Waals surface area (Å²) in [6, 6.07) is 19.9. The number of hydrogen-bond acceptors (Lipinski definition) is 3. The summed E-state index contributed by atoms with van der Waals surface area (Å²) in [5.41, 5.74) is 0.677. The first-order valence-electron chi connectivity index (χ1n) is 5.54. The summed E-state index contributed by atoms with van der Waals surface area (Å²) >= 11 is 0. The second-order valence-electron chi connectivity index (χ2n) is 3.47. The molecule has 0 saturated carbocycles. The summed E-state index contributed by atoms with van der Waals surface area (Å²) in [5.74, 6) is 0. The highest BCUT2D eigenvalue weighted by molar-refractivity contribution is 5.55. The van der Waals surface area contributed by atoms with Gasteiger partial charge in [0.1, 0.15) is 0 Å². The quantitative estimate of drug-likeness (QED) is 0.463. The summed E-state index contributed by atoms with van der Waals surface area (Å²) in [6.07, 6.45) is 2.80. The molecule has 0 spiro atoms. The van der Waals surface area contributed by atoms with Crippen molar-refractivity contribution in [3.05, 3.63) is 82.4 Å². The zero-order valence-electron chi connectivity index (χ0n) is 10.1. The molecule has 0 amide bonds. The Labute approximate surface area is 111 Å². The van der Waals surface area contributed by atoms with Crippen LogP contribution in [0.3, 0.4) is 0 Å². The maximum Gasteiger partial charge on any atom is 0.270 e. The SMILES string of the molecule is N#CC=Cc1cccc([N+](=O)[O-])c1.c1ccccc1. The van der Waals surface area contributed by atoms with Crippen molar-refractivity contribution in [2.24, 2.45) is 0 Å². The van der Waals surface area contributed by atoms with Crippen molar-refractivity contribution < 1.29 is 4.92 Å². The first kappa shape index (κ1) is 14.1. The Morgan fingerprint density at radius 1 is 1.05 bits per heavy atom. The van der Waals surface area contributed by atoms with Crippen molar-refractivity contribution >= 4 is 11.8 Å². The average molecular weight is 252 g/mol. The number of hydrogen-bond donors (Lipinski definition) is 0. The molecule has 2 rings (SSSR count). The molecule has 0 heterocycles. The lowest BCUT2D eigenvalue weighted by molar-refractivity contribution is -0.384. The summed E-state index contributed by atoms with van der Waals surface area (Å²) in [4.78, 5) is 9.87. The van der Waals surface area contributed by atoms with Gasteiger partial charge in [-0.25, -0.2) is 0 Å². The Balaban J connectivity index is 0.000000250. The zero-order valence-corrected chi connectivity index (χ0v) is 10.1. The van der Waals surface area contributed by atoms with Crippen LogP contribution in [0.2, 0.25) is 0 Å². The molecule has 0 N–H and O–H groups in total. The second kappa shape index (κ2) is 8.20. The summed E-state index contributed by atoms with van der Waals surface area (Å²) in [5, 5.41) is 18.6. The molecule has 0 aliphatic heterocycles. The van der Waals surface area contributed by atoms with Crippen LogP contribution in [0.1, 0.15) is 5.56 Å². The van der Waals surface area contributed by atoms with Crippen LogP contribution in [-0.4, -0.2) is 4.92 Å². The lowest BCUT2D eigenvalue weighted by Gasteiger charge is -1.92. The Morgan fingerprint density at radius 2 is 1.63 bits per heavy atom. The molecule has 0 bridgehead atoms. The molecule has 4 heteroatoms. The van der Waals surface area contributed by atoms with E-state index in [1.807, 2.05) is 42.5 Å². The fourth-order valence-corrected chi connectivity index (χ4v) is 1.26. The Morgan fingerprint density at radius 3 is 2.11 bits per heavy atom. The number of rotatable bonds is 2. The van der Waals surface area contributed by atoms with Crippen molar-refractivity contribution in [2.75, 3.05) is 0 Å². The molecule has 0 aliphatic carbocycles. The van der Waals surface area contributed by atoms with Gasteiger partial charge in [-0.1, -0.05) is 48.5 Å². The van der Waals surface area contributed by atoms with Gasteiger partial charge < -0.3 is 0 Å². The average Bonchev–Trinajstić information content (AvgIpc) is 2.48. The Hall–Kier alpha value is -2.93. The molecule has 4 nitrogen and oxygen atoms in total. The molecule has 0 saturated heterocycles. The smallest absolute Gasteiger partial charge is 0.258 e.